The Labute approximate surface area is 154 Å². The molecule has 0 radical (unpaired) electrons. The molecule has 0 aromatic heterocycles. The Kier molecular flexibility index (Phi) is 6.59. The Hall–Kier alpha value is -0.0387. The standard InChI is InChI=1S/C9H3BF9O.K/c11-8(12,13)5-1-4(7(20)10(17,18)19)2-6(3-5)9(14,15)16;/h1-3H;/q-1;+1. The predicted molar refractivity (Wildman–Crippen MR) is 49.9 cm³/mol. The van der Waals surface area contributed by atoms with Crippen LogP contribution in [-0.2, 0) is 12.4 Å². The van der Waals surface area contributed by atoms with Crippen LogP contribution >= 0.6 is 0 Å². The first-order valence-corrected chi connectivity index (χ1v) is 4.76. The molecule has 0 aliphatic carbocycles. The van der Waals surface area contributed by atoms with Crippen LogP contribution in [0.2, 0.25) is 0 Å². The molecule has 0 saturated carbocycles. The van der Waals surface area contributed by atoms with Crippen molar-refractivity contribution in [2.75, 3.05) is 0 Å². The second-order valence-corrected chi connectivity index (χ2v) is 3.73. The van der Waals surface area contributed by atoms with Crippen LogP contribution in [0.1, 0.15) is 21.5 Å². The molecule has 0 unspecified atom stereocenters. The Bertz CT molecular complexity index is 499. The molecule has 1 nitrogen and oxygen atoms in total. The summed E-state index contributed by atoms with van der Waals surface area (Å²) in [5, 5.41) is 0. The first kappa shape index (κ1) is 21.0. The van der Waals surface area contributed by atoms with Crippen molar-refractivity contribution < 1.29 is 95.5 Å². The molecule has 0 bridgehead atoms. The second-order valence-electron chi connectivity index (χ2n) is 3.73. The fraction of sp³-hybridized carbons (Fsp3) is 0.222. The Morgan fingerprint density at radius 3 is 1.38 bits per heavy atom. The number of benzene rings is 1. The van der Waals surface area contributed by atoms with Crippen LogP contribution in [0, 0.1) is 0 Å². The van der Waals surface area contributed by atoms with Gasteiger partial charge in [-0.1, -0.05) is 0 Å². The molecule has 0 atom stereocenters. The average Bonchev–Trinajstić information content (AvgIpc) is 2.23. The summed E-state index contributed by atoms with van der Waals surface area (Å²) in [5.41, 5.74) is -8.37. The molecule has 1 rings (SSSR count). The minimum absolute atomic E-state index is 0. The third-order valence-electron chi connectivity index (χ3n) is 2.17. The van der Waals surface area contributed by atoms with Gasteiger partial charge in [0.25, 0.3) is 0 Å². The van der Waals surface area contributed by atoms with Gasteiger partial charge in [-0.2, -0.15) is 26.3 Å². The van der Waals surface area contributed by atoms with Crippen molar-refractivity contribution >= 4 is 12.7 Å². The van der Waals surface area contributed by atoms with Crippen LogP contribution in [0.25, 0.3) is 0 Å². The van der Waals surface area contributed by atoms with E-state index in [-0.39, 0.29) is 69.6 Å². The van der Waals surface area contributed by atoms with E-state index in [9.17, 15) is 44.1 Å². The molecule has 0 aliphatic rings. The number of hydrogen-bond acceptors (Lipinski definition) is 1. The van der Waals surface area contributed by atoms with E-state index in [0.29, 0.717) is 0 Å². The van der Waals surface area contributed by atoms with Crippen LogP contribution in [0.4, 0.5) is 39.3 Å². The first-order valence-electron chi connectivity index (χ1n) is 4.76. The normalized spacial score (nSPS) is 12.8. The molecule has 0 spiro atoms. The summed E-state index contributed by atoms with van der Waals surface area (Å²) in [5.74, 6) is 0. The third kappa shape index (κ3) is 5.58. The number of carbonyl (C=O) groups is 1. The van der Waals surface area contributed by atoms with Crippen molar-refractivity contribution in [2.45, 2.75) is 12.4 Å². The number of rotatable bonds is 2. The van der Waals surface area contributed by atoms with E-state index in [1.807, 2.05) is 0 Å². The summed E-state index contributed by atoms with van der Waals surface area (Å²) < 4.78 is 110. The molecule has 0 N–H and O–H groups in total. The molecule has 0 saturated heterocycles. The predicted octanol–water partition coefficient (Wildman–Crippen LogP) is 1.30. The van der Waals surface area contributed by atoms with E-state index >= 15 is 0 Å². The Morgan fingerprint density at radius 1 is 0.810 bits per heavy atom. The largest absolute Gasteiger partial charge is 1.00 e. The van der Waals surface area contributed by atoms with Gasteiger partial charge in [0.1, 0.15) is 5.68 Å². The van der Waals surface area contributed by atoms with Crippen molar-refractivity contribution in [3.05, 3.63) is 34.9 Å². The zero-order valence-corrected chi connectivity index (χ0v) is 13.2. The van der Waals surface area contributed by atoms with Gasteiger partial charge in [-0.15, -0.1) is 0 Å². The zero-order valence-electron chi connectivity index (χ0n) is 10.1. The van der Waals surface area contributed by atoms with Gasteiger partial charge in [0.05, 0.1) is 11.1 Å². The molecule has 0 amide bonds. The van der Waals surface area contributed by atoms with Crippen LogP contribution in [0.3, 0.4) is 0 Å². The molecule has 112 valence electrons. The maximum Gasteiger partial charge on any atom is 1.00 e. The molecule has 21 heavy (non-hydrogen) atoms. The summed E-state index contributed by atoms with van der Waals surface area (Å²) in [6.45, 7) is -6.23. The van der Waals surface area contributed by atoms with Gasteiger partial charge in [0, 0.05) is 0 Å². The number of carbonyl (C=O) groups excluding carboxylic acids is 1. The Morgan fingerprint density at radius 2 is 1.14 bits per heavy atom. The van der Waals surface area contributed by atoms with Gasteiger partial charge < -0.3 is 17.7 Å². The zero-order chi connectivity index (χ0) is 15.9. The van der Waals surface area contributed by atoms with E-state index in [0.717, 1.165) is 0 Å². The summed E-state index contributed by atoms with van der Waals surface area (Å²) in [6, 6.07) is -0.875. The summed E-state index contributed by atoms with van der Waals surface area (Å²) in [4.78, 5) is 10.8. The topological polar surface area (TPSA) is 17.1 Å². The van der Waals surface area contributed by atoms with E-state index in [2.05, 4.69) is 0 Å². The van der Waals surface area contributed by atoms with Gasteiger partial charge in [0.2, 0.25) is 0 Å². The number of halogens is 9. The van der Waals surface area contributed by atoms with E-state index in [1.54, 1.807) is 0 Å². The second kappa shape index (κ2) is 6.61. The molecule has 0 aliphatic heterocycles. The molecular weight excluding hydrogens is 345 g/mol. The fourth-order valence-corrected chi connectivity index (χ4v) is 1.29. The fourth-order valence-electron chi connectivity index (χ4n) is 1.29. The summed E-state index contributed by atoms with van der Waals surface area (Å²) in [6.07, 6.45) is -10.6. The van der Waals surface area contributed by atoms with Crippen molar-refractivity contribution in [3.8, 4) is 0 Å². The summed E-state index contributed by atoms with van der Waals surface area (Å²) >= 11 is 0. The van der Waals surface area contributed by atoms with Gasteiger partial charge in [0.15, 0.2) is 0 Å². The van der Waals surface area contributed by atoms with Crippen molar-refractivity contribution in [2.24, 2.45) is 0 Å². The maximum atomic E-state index is 12.3. The summed E-state index contributed by atoms with van der Waals surface area (Å²) in [7, 11) is 0. The van der Waals surface area contributed by atoms with E-state index in [1.165, 1.54) is 0 Å². The molecule has 0 fully saturated rings. The van der Waals surface area contributed by atoms with Crippen molar-refractivity contribution in [1.29, 1.82) is 0 Å². The van der Waals surface area contributed by atoms with E-state index in [4.69, 9.17) is 0 Å². The van der Waals surface area contributed by atoms with Crippen LogP contribution in [0.5, 0.6) is 0 Å². The first-order chi connectivity index (χ1) is 8.73. The smallest absolute Gasteiger partial charge is 0.443 e. The van der Waals surface area contributed by atoms with E-state index < -0.39 is 41.7 Å². The van der Waals surface area contributed by atoms with Crippen molar-refractivity contribution in [3.63, 3.8) is 0 Å². The van der Waals surface area contributed by atoms with Crippen LogP contribution in [-0.4, -0.2) is 12.7 Å². The molecule has 1 aromatic rings. The van der Waals surface area contributed by atoms with Crippen LogP contribution in [0.15, 0.2) is 18.2 Å². The van der Waals surface area contributed by atoms with Crippen molar-refractivity contribution in [1.82, 2.24) is 0 Å². The Balaban J connectivity index is 0.00000400. The maximum absolute atomic E-state index is 12.3. The average molecular weight is 348 g/mol. The van der Waals surface area contributed by atoms with Gasteiger partial charge in [-0.05, 0) is 23.8 Å². The third-order valence-corrected chi connectivity index (χ3v) is 2.17. The molecular formula is C9H3BF9KO. The minimum Gasteiger partial charge on any atom is -0.443 e. The van der Waals surface area contributed by atoms with Gasteiger partial charge >= 0.3 is 70.7 Å². The molecule has 0 heterocycles. The number of alkyl halides is 6. The van der Waals surface area contributed by atoms with Crippen LogP contribution < -0.4 is 51.4 Å². The minimum atomic E-state index is -6.23. The SMILES string of the molecule is O=C(c1cc(C(F)(F)F)cc(C(F)(F)F)c1)[B-](F)(F)F.[K+]. The monoisotopic (exact) mass is 348 g/mol. The van der Waals surface area contributed by atoms with Gasteiger partial charge in [-0.25, -0.2) is 0 Å². The molecule has 12 heteroatoms. The number of hydrogen-bond donors (Lipinski definition) is 0. The quantitative estimate of drug-likeness (QED) is 0.582. The van der Waals surface area contributed by atoms with Gasteiger partial charge in [-0.3, -0.25) is 0 Å². The molecule has 1 aromatic carbocycles.